The van der Waals surface area contributed by atoms with Crippen LogP contribution in [0.25, 0.3) is 0 Å². The first kappa shape index (κ1) is 19.1. The summed E-state index contributed by atoms with van der Waals surface area (Å²) in [5.74, 6) is -0.190. The third-order valence-corrected chi connectivity index (χ3v) is 2.58. The molecule has 0 aromatic carbocycles. The van der Waals surface area contributed by atoms with Crippen molar-refractivity contribution in [1.82, 2.24) is 15.5 Å². The molecule has 1 heterocycles. The van der Waals surface area contributed by atoms with E-state index < -0.39 is 5.91 Å². The average Bonchev–Trinajstić information content (AvgIpc) is 2.87. The summed E-state index contributed by atoms with van der Waals surface area (Å²) in [4.78, 5) is 21.9. The van der Waals surface area contributed by atoms with E-state index in [1.165, 1.54) is 6.92 Å². The number of nitrogens with one attached hydrogen (secondary N) is 1. The second-order valence-electron chi connectivity index (χ2n) is 4.43. The van der Waals surface area contributed by atoms with Crippen LogP contribution in [0.1, 0.15) is 71.2 Å². The van der Waals surface area contributed by atoms with Gasteiger partial charge in [0.2, 0.25) is 23.6 Å². The zero-order valence-electron chi connectivity index (χ0n) is 13.3. The van der Waals surface area contributed by atoms with Gasteiger partial charge in [-0.2, -0.15) is 0 Å². The van der Waals surface area contributed by atoms with Gasteiger partial charge in [-0.1, -0.05) is 40.0 Å². The molecule has 1 atom stereocenters. The highest BCUT2D eigenvalue weighted by Gasteiger charge is 2.19. The summed E-state index contributed by atoms with van der Waals surface area (Å²) in [5.41, 5.74) is 5.05. The monoisotopic (exact) mass is 298 g/mol. The quantitative estimate of drug-likeness (QED) is 0.712. The lowest BCUT2D eigenvalue weighted by molar-refractivity contribution is -0.120. The van der Waals surface area contributed by atoms with Gasteiger partial charge < -0.3 is 15.5 Å². The molecule has 1 aromatic rings. The lowest BCUT2D eigenvalue weighted by atomic mass is 10.1. The Bertz CT molecular complexity index is 432. The van der Waals surface area contributed by atoms with Gasteiger partial charge in [0.25, 0.3) is 0 Å². The van der Waals surface area contributed by atoms with Crippen molar-refractivity contribution in [1.29, 1.82) is 0 Å². The van der Waals surface area contributed by atoms with Crippen LogP contribution in [0.3, 0.4) is 0 Å². The number of unbranched alkanes of at least 4 members (excludes halogenated alkanes) is 2. The molecule has 0 aliphatic heterocycles. The van der Waals surface area contributed by atoms with Crippen LogP contribution >= 0.6 is 0 Å². The summed E-state index contributed by atoms with van der Waals surface area (Å²) in [5, 5.41) is 10.4. The molecule has 0 fully saturated rings. The smallest absolute Gasteiger partial charge is 0.238 e. The fourth-order valence-corrected chi connectivity index (χ4v) is 1.73. The maximum absolute atomic E-state index is 11.2. The van der Waals surface area contributed by atoms with Crippen LogP contribution < -0.4 is 11.1 Å². The molecule has 0 radical (unpaired) electrons. The van der Waals surface area contributed by atoms with E-state index in [0.717, 1.165) is 25.7 Å². The number of carbonyl (C=O) groups is 2. The fraction of sp³-hybridized carbons (Fsp3) is 0.714. The number of hydrogen-bond donors (Lipinski definition) is 2. The first-order valence-electron chi connectivity index (χ1n) is 7.40. The van der Waals surface area contributed by atoms with Gasteiger partial charge in [0.05, 0.1) is 0 Å². The molecule has 120 valence electrons. The van der Waals surface area contributed by atoms with Crippen molar-refractivity contribution in [2.24, 2.45) is 5.73 Å². The summed E-state index contributed by atoms with van der Waals surface area (Å²) < 4.78 is 5.35. The van der Waals surface area contributed by atoms with E-state index in [4.69, 9.17) is 10.2 Å². The number of primary amides is 1. The van der Waals surface area contributed by atoms with Crippen molar-refractivity contribution >= 4 is 11.8 Å². The molecular weight excluding hydrogens is 272 g/mol. The normalized spacial score (nSPS) is 11.2. The number of hydrogen-bond acceptors (Lipinski definition) is 5. The van der Waals surface area contributed by atoms with Gasteiger partial charge >= 0.3 is 0 Å². The van der Waals surface area contributed by atoms with Crippen LogP contribution in [0.2, 0.25) is 0 Å². The number of rotatable bonds is 8. The molecule has 0 aliphatic rings. The summed E-state index contributed by atoms with van der Waals surface area (Å²) >= 11 is 0. The van der Waals surface area contributed by atoms with E-state index in [9.17, 15) is 9.59 Å². The van der Waals surface area contributed by atoms with Crippen LogP contribution in [-0.4, -0.2) is 22.0 Å². The highest BCUT2D eigenvalue weighted by Crippen LogP contribution is 2.19. The Labute approximate surface area is 125 Å². The Morgan fingerprint density at radius 3 is 2.48 bits per heavy atom. The number of aromatic nitrogens is 2. The number of amides is 2. The maximum atomic E-state index is 11.2. The van der Waals surface area contributed by atoms with Gasteiger partial charge in [0.1, 0.15) is 12.5 Å². The average molecular weight is 298 g/mol. The molecule has 21 heavy (non-hydrogen) atoms. The molecule has 0 aliphatic carbocycles. The summed E-state index contributed by atoms with van der Waals surface area (Å²) in [7, 11) is 0. The molecule has 7 heteroatoms. The first-order chi connectivity index (χ1) is 10.0. The Morgan fingerprint density at radius 2 is 1.95 bits per heavy atom. The highest BCUT2D eigenvalue weighted by molar-refractivity contribution is 5.75. The Kier molecular flexibility index (Phi) is 9.83. The van der Waals surface area contributed by atoms with Gasteiger partial charge in [-0.3, -0.25) is 9.59 Å². The highest BCUT2D eigenvalue weighted by atomic mass is 16.4. The van der Waals surface area contributed by atoms with Crippen molar-refractivity contribution < 1.29 is 14.0 Å². The van der Waals surface area contributed by atoms with Crippen molar-refractivity contribution in [2.75, 3.05) is 0 Å². The predicted molar refractivity (Wildman–Crippen MR) is 79.2 cm³/mol. The topological polar surface area (TPSA) is 111 Å². The number of nitrogens with two attached hydrogens (primary N) is 1. The molecule has 1 unspecified atom stereocenters. The second kappa shape index (κ2) is 10.8. The second-order valence-corrected chi connectivity index (χ2v) is 4.43. The molecule has 2 amide bonds. The third kappa shape index (κ3) is 8.06. The molecule has 1 rings (SSSR count). The Balaban J connectivity index is 0.00000191. The largest absolute Gasteiger partial charge is 0.422 e. The van der Waals surface area contributed by atoms with Gasteiger partial charge in [0.15, 0.2) is 0 Å². The first-order valence-corrected chi connectivity index (χ1v) is 7.40. The maximum Gasteiger partial charge on any atom is 0.238 e. The number of carbonyl (C=O) groups excluding carboxylic acids is 2. The summed E-state index contributed by atoms with van der Waals surface area (Å²) in [6, 6.07) is -0.307. The van der Waals surface area contributed by atoms with E-state index in [0.29, 0.717) is 5.89 Å². The van der Waals surface area contributed by atoms with Gasteiger partial charge in [-0.05, 0) is 6.42 Å². The van der Waals surface area contributed by atoms with Crippen molar-refractivity contribution in [3.8, 4) is 0 Å². The molecule has 0 saturated heterocycles. The molecule has 0 bridgehead atoms. The molecular formula is C14H26N4O3. The van der Waals surface area contributed by atoms with Crippen LogP contribution in [-0.2, 0) is 16.0 Å². The van der Waals surface area contributed by atoms with Gasteiger partial charge in [-0.15, -0.1) is 10.2 Å². The fourth-order valence-electron chi connectivity index (χ4n) is 1.73. The third-order valence-electron chi connectivity index (χ3n) is 2.58. The minimum atomic E-state index is -0.530. The molecule has 0 spiro atoms. The van der Waals surface area contributed by atoms with Crippen LogP contribution in [0.5, 0.6) is 0 Å². The summed E-state index contributed by atoms with van der Waals surface area (Å²) in [6.45, 7) is 7.54. The van der Waals surface area contributed by atoms with Crippen LogP contribution in [0.15, 0.2) is 4.42 Å². The zero-order valence-corrected chi connectivity index (χ0v) is 13.3. The van der Waals surface area contributed by atoms with Crippen LogP contribution in [0.4, 0.5) is 0 Å². The van der Waals surface area contributed by atoms with E-state index in [1.807, 2.05) is 13.8 Å². The zero-order chi connectivity index (χ0) is 16.3. The Hall–Kier alpha value is -1.92. The Morgan fingerprint density at radius 1 is 1.29 bits per heavy atom. The van der Waals surface area contributed by atoms with Gasteiger partial charge in [-0.25, -0.2) is 0 Å². The molecule has 0 saturated carbocycles. The minimum Gasteiger partial charge on any atom is -0.422 e. The van der Waals surface area contributed by atoms with Crippen molar-refractivity contribution in [3.63, 3.8) is 0 Å². The SMILES string of the molecule is CC.CCCCCC(NC(C)=O)c1nnc(CC(N)=O)o1. The van der Waals surface area contributed by atoms with E-state index in [-0.39, 0.29) is 24.3 Å². The van der Waals surface area contributed by atoms with E-state index in [2.05, 4.69) is 22.4 Å². The molecule has 1 aromatic heterocycles. The van der Waals surface area contributed by atoms with E-state index >= 15 is 0 Å². The van der Waals surface area contributed by atoms with E-state index in [1.54, 1.807) is 0 Å². The van der Waals surface area contributed by atoms with Crippen molar-refractivity contribution in [2.45, 2.75) is 65.8 Å². The molecule has 7 nitrogen and oxygen atoms in total. The summed E-state index contributed by atoms with van der Waals surface area (Å²) in [6.07, 6.45) is 3.75. The molecule has 3 N–H and O–H groups in total. The van der Waals surface area contributed by atoms with Gasteiger partial charge in [0, 0.05) is 6.92 Å². The lowest BCUT2D eigenvalue weighted by Gasteiger charge is -2.13. The van der Waals surface area contributed by atoms with Crippen molar-refractivity contribution in [3.05, 3.63) is 11.8 Å². The lowest BCUT2D eigenvalue weighted by Crippen LogP contribution is -2.26. The standard InChI is InChI=1S/C12H20N4O3.C2H6/c1-3-4-5-6-9(14-8(2)17)12-16-15-11(19-12)7-10(13)18;1-2/h9H,3-7H2,1-2H3,(H2,13,18)(H,14,17);1-2H3. The predicted octanol–water partition coefficient (Wildman–Crippen LogP) is 1.88. The number of nitrogens with zero attached hydrogens (tertiary/aromatic N) is 2. The van der Waals surface area contributed by atoms with Crippen LogP contribution in [0, 0.1) is 0 Å². The minimum absolute atomic E-state index is 0.0885.